The average Bonchev–Trinajstić information content (AvgIpc) is 1.96. The molecular weight excluding hydrogens is 200 g/mol. The van der Waals surface area contributed by atoms with Crippen molar-refractivity contribution in [3.8, 4) is 0 Å². The maximum Gasteiger partial charge on any atom is 0.221 e. The van der Waals surface area contributed by atoms with Crippen LogP contribution in [-0.2, 0) is 4.79 Å². The van der Waals surface area contributed by atoms with Gasteiger partial charge in [-0.3, -0.25) is 4.79 Å². The smallest absolute Gasteiger partial charge is 0.221 e. The summed E-state index contributed by atoms with van der Waals surface area (Å²) in [5.74, 6) is -2.32. The molecule has 0 aliphatic carbocycles. The van der Waals surface area contributed by atoms with Crippen LogP contribution < -0.4 is 5.32 Å². The van der Waals surface area contributed by atoms with Crippen LogP contribution in [0.2, 0.25) is 5.02 Å². The predicted molar refractivity (Wildman–Crippen MR) is 45.7 cm³/mol. The van der Waals surface area contributed by atoms with Crippen LogP contribution >= 0.6 is 11.6 Å². The Labute approximate surface area is 78.5 Å². The molecule has 0 bridgehead atoms. The lowest BCUT2D eigenvalue weighted by Gasteiger charge is -2.04. The Morgan fingerprint density at radius 1 is 1.38 bits per heavy atom. The summed E-state index contributed by atoms with van der Waals surface area (Å²) < 4.78 is 25.9. The van der Waals surface area contributed by atoms with Gasteiger partial charge in [-0.25, -0.2) is 8.78 Å². The van der Waals surface area contributed by atoms with Crippen molar-refractivity contribution in [1.82, 2.24) is 0 Å². The van der Waals surface area contributed by atoms with Gasteiger partial charge in [0, 0.05) is 11.9 Å². The van der Waals surface area contributed by atoms with Gasteiger partial charge in [0.05, 0.1) is 0 Å². The molecule has 0 saturated carbocycles. The number of carbonyl (C=O) groups excluding carboxylic acids is 1. The maximum absolute atomic E-state index is 12.9. The molecule has 1 aromatic carbocycles. The van der Waals surface area contributed by atoms with E-state index in [1.54, 1.807) is 0 Å². The van der Waals surface area contributed by atoms with E-state index < -0.39 is 23.2 Å². The minimum absolute atomic E-state index is 0.0518. The number of halogens is 3. The second kappa shape index (κ2) is 3.70. The number of nitrogens with one attached hydrogen (secondary N) is 1. The predicted octanol–water partition coefficient (Wildman–Crippen LogP) is 2.58. The lowest BCUT2D eigenvalue weighted by Crippen LogP contribution is -2.09. The zero-order chi connectivity index (χ0) is 10.0. The first-order chi connectivity index (χ1) is 6.00. The highest BCUT2D eigenvalue weighted by Gasteiger charge is 2.11. The van der Waals surface area contributed by atoms with Crippen LogP contribution in [0.4, 0.5) is 14.5 Å². The lowest BCUT2D eigenvalue weighted by molar-refractivity contribution is -0.114. The van der Waals surface area contributed by atoms with Crippen molar-refractivity contribution in [2.75, 3.05) is 5.32 Å². The van der Waals surface area contributed by atoms with E-state index in [-0.39, 0.29) is 5.02 Å². The van der Waals surface area contributed by atoms with E-state index in [9.17, 15) is 13.6 Å². The van der Waals surface area contributed by atoms with Gasteiger partial charge in [0.25, 0.3) is 0 Å². The van der Waals surface area contributed by atoms with Gasteiger partial charge < -0.3 is 5.32 Å². The Balaban J connectivity index is 3.13. The van der Waals surface area contributed by atoms with Crippen molar-refractivity contribution >= 4 is 23.2 Å². The average molecular weight is 206 g/mol. The van der Waals surface area contributed by atoms with Crippen LogP contribution in [-0.4, -0.2) is 5.91 Å². The summed E-state index contributed by atoms with van der Waals surface area (Å²) in [7, 11) is 0. The molecule has 0 unspecified atom stereocenters. The quantitative estimate of drug-likeness (QED) is 0.750. The van der Waals surface area contributed by atoms with Gasteiger partial charge in [-0.1, -0.05) is 11.6 Å². The van der Waals surface area contributed by atoms with Crippen LogP contribution in [0.5, 0.6) is 0 Å². The molecule has 0 fully saturated rings. The zero-order valence-corrected chi connectivity index (χ0v) is 7.45. The molecule has 0 aliphatic rings. The van der Waals surface area contributed by atoms with E-state index in [1.165, 1.54) is 0 Å². The molecule has 70 valence electrons. The topological polar surface area (TPSA) is 29.1 Å². The molecule has 0 spiro atoms. The molecule has 0 aromatic heterocycles. The van der Waals surface area contributed by atoms with Crippen molar-refractivity contribution in [2.45, 2.75) is 6.92 Å². The Hall–Kier alpha value is -1.16. The third-order valence-corrected chi connectivity index (χ3v) is 1.53. The van der Waals surface area contributed by atoms with E-state index in [2.05, 4.69) is 0 Å². The van der Waals surface area contributed by atoms with Gasteiger partial charge in [-0.2, -0.15) is 0 Å². The highest BCUT2D eigenvalue weighted by Crippen LogP contribution is 2.23. The van der Waals surface area contributed by atoms with Crippen LogP contribution in [0.25, 0.3) is 0 Å². The molecule has 1 N–H and O–H groups in total. The van der Waals surface area contributed by atoms with Crippen LogP contribution in [0.15, 0.2) is 12.1 Å². The SMILES string of the molecule is CC(=O)Nc1c(F)cc(Cl)cc1F. The molecule has 1 rings (SSSR count). The van der Waals surface area contributed by atoms with E-state index in [0.717, 1.165) is 19.1 Å². The number of benzene rings is 1. The van der Waals surface area contributed by atoms with Crippen LogP contribution in [0.1, 0.15) is 6.92 Å². The van der Waals surface area contributed by atoms with Gasteiger partial charge in [0.15, 0.2) is 11.6 Å². The molecule has 5 heteroatoms. The van der Waals surface area contributed by atoms with Gasteiger partial charge in [-0.05, 0) is 12.1 Å². The number of carbonyl (C=O) groups is 1. The molecule has 1 aromatic rings. The summed E-state index contributed by atoms with van der Waals surface area (Å²) in [5.41, 5.74) is -0.475. The molecule has 0 aliphatic heterocycles. The molecule has 0 radical (unpaired) electrons. The zero-order valence-electron chi connectivity index (χ0n) is 6.70. The number of rotatable bonds is 1. The summed E-state index contributed by atoms with van der Waals surface area (Å²) in [6, 6.07) is 1.85. The maximum atomic E-state index is 12.9. The standard InChI is InChI=1S/C8H6ClF2NO/c1-4(13)12-8-6(10)2-5(9)3-7(8)11/h2-3H,1H3,(H,12,13). The summed E-state index contributed by atoms with van der Waals surface area (Å²) in [5, 5.41) is 1.97. The van der Waals surface area contributed by atoms with Gasteiger partial charge >= 0.3 is 0 Å². The summed E-state index contributed by atoms with van der Waals surface area (Å²) >= 11 is 5.37. The van der Waals surface area contributed by atoms with E-state index >= 15 is 0 Å². The van der Waals surface area contributed by atoms with Crippen molar-refractivity contribution in [1.29, 1.82) is 0 Å². The highest BCUT2D eigenvalue weighted by atomic mass is 35.5. The summed E-state index contributed by atoms with van der Waals surface area (Å²) in [6.45, 7) is 1.16. The molecule has 2 nitrogen and oxygen atoms in total. The fourth-order valence-electron chi connectivity index (χ4n) is 0.838. The number of amides is 1. The fraction of sp³-hybridized carbons (Fsp3) is 0.125. The third-order valence-electron chi connectivity index (χ3n) is 1.31. The molecule has 0 heterocycles. The Kier molecular flexibility index (Phi) is 2.83. The first kappa shape index (κ1) is 9.92. The first-order valence-corrected chi connectivity index (χ1v) is 3.80. The van der Waals surface area contributed by atoms with Crippen molar-refractivity contribution < 1.29 is 13.6 Å². The molecular formula is C8H6ClF2NO. The third kappa shape index (κ3) is 2.39. The molecule has 1 amide bonds. The van der Waals surface area contributed by atoms with E-state index in [4.69, 9.17) is 11.6 Å². The second-order valence-electron chi connectivity index (χ2n) is 2.43. The first-order valence-electron chi connectivity index (χ1n) is 3.43. The molecule has 0 atom stereocenters. The van der Waals surface area contributed by atoms with Crippen LogP contribution in [0.3, 0.4) is 0 Å². The lowest BCUT2D eigenvalue weighted by atomic mass is 10.3. The van der Waals surface area contributed by atoms with Gasteiger partial charge in [0.2, 0.25) is 5.91 Å². The minimum Gasteiger partial charge on any atom is -0.321 e. The fourth-order valence-corrected chi connectivity index (χ4v) is 1.03. The number of hydrogen-bond donors (Lipinski definition) is 1. The van der Waals surface area contributed by atoms with Crippen molar-refractivity contribution in [2.24, 2.45) is 0 Å². The number of anilines is 1. The van der Waals surface area contributed by atoms with Gasteiger partial charge in [0.1, 0.15) is 5.69 Å². The van der Waals surface area contributed by atoms with Crippen molar-refractivity contribution in [3.05, 3.63) is 28.8 Å². The minimum atomic E-state index is -0.889. The van der Waals surface area contributed by atoms with E-state index in [1.807, 2.05) is 5.32 Å². The summed E-state index contributed by atoms with van der Waals surface area (Å²) in [6.07, 6.45) is 0. The Morgan fingerprint density at radius 2 is 1.85 bits per heavy atom. The normalized spacial score (nSPS) is 9.85. The van der Waals surface area contributed by atoms with Crippen molar-refractivity contribution in [3.63, 3.8) is 0 Å². The second-order valence-corrected chi connectivity index (χ2v) is 2.86. The Bertz CT molecular complexity index is 331. The summed E-state index contributed by atoms with van der Waals surface area (Å²) in [4.78, 5) is 10.5. The largest absolute Gasteiger partial charge is 0.321 e. The molecule has 13 heavy (non-hydrogen) atoms. The number of hydrogen-bond acceptors (Lipinski definition) is 1. The monoisotopic (exact) mass is 205 g/mol. The molecule has 0 saturated heterocycles. The highest BCUT2D eigenvalue weighted by molar-refractivity contribution is 6.30. The Morgan fingerprint density at radius 3 is 2.23 bits per heavy atom. The van der Waals surface area contributed by atoms with Crippen LogP contribution in [0, 0.1) is 11.6 Å². The van der Waals surface area contributed by atoms with Gasteiger partial charge in [-0.15, -0.1) is 0 Å². The van der Waals surface area contributed by atoms with E-state index in [0.29, 0.717) is 0 Å².